The van der Waals surface area contributed by atoms with Crippen molar-refractivity contribution in [3.8, 4) is 17.2 Å². The van der Waals surface area contributed by atoms with Crippen molar-refractivity contribution in [2.45, 2.75) is 6.92 Å². The molecule has 0 aromatic heterocycles. The van der Waals surface area contributed by atoms with Gasteiger partial charge in [0, 0.05) is 17.2 Å². The van der Waals surface area contributed by atoms with Crippen molar-refractivity contribution in [1.82, 2.24) is 5.43 Å². The first-order valence-corrected chi connectivity index (χ1v) is 7.30. The number of methoxy groups -OCH3 is 3. The van der Waals surface area contributed by atoms with Crippen molar-refractivity contribution in [2.75, 3.05) is 21.3 Å². The molecule has 126 valence electrons. The fourth-order valence-electron chi connectivity index (χ4n) is 2.10. The van der Waals surface area contributed by atoms with E-state index in [2.05, 4.69) is 10.5 Å². The maximum Gasteiger partial charge on any atom is 0.271 e. The summed E-state index contributed by atoms with van der Waals surface area (Å²) in [5.41, 5.74) is 4.42. The minimum atomic E-state index is -0.301. The van der Waals surface area contributed by atoms with Crippen LogP contribution in [0.15, 0.2) is 47.6 Å². The normalized spacial score (nSPS) is 10.9. The number of amides is 1. The molecule has 1 N–H and O–H groups in total. The Morgan fingerprint density at radius 2 is 1.54 bits per heavy atom. The van der Waals surface area contributed by atoms with Crippen LogP contribution in [0.5, 0.6) is 17.2 Å². The summed E-state index contributed by atoms with van der Waals surface area (Å²) >= 11 is 0. The number of nitrogens with zero attached hydrogens (tertiary/aromatic N) is 1. The predicted molar refractivity (Wildman–Crippen MR) is 92.2 cm³/mol. The minimum absolute atomic E-state index is 0.301. The lowest BCUT2D eigenvalue weighted by Crippen LogP contribution is -2.19. The number of benzene rings is 2. The Balaban J connectivity index is 2.14. The van der Waals surface area contributed by atoms with Gasteiger partial charge in [-0.05, 0) is 43.3 Å². The lowest BCUT2D eigenvalue weighted by Gasteiger charge is -2.10. The third-order valence-electron chi connectivity index (χ3n) is 3.48. The van der Waals surface area contributed by atoms with E-state index in [1.165, 1.54) is 0 Å². The van der Waals surface area contributed by atoms with Gasteiger partial charge in [0.05, 0.1) is 27.0 Å². The topological polar surface area (TPSA) is 69.2 Å². The minimum Gasteiger partial charge on any atom is -0.497 e. The Bertz CT molecular complexity index is 739. The smallest absolute Gasteiger partial charge is 0.271 e. The van der Waals surface area contributed by atoms with Crippen molar-refractivity contribution in [3.05, 3.63) is 53.6 Å². The maximum atomic E-state index is 12.1. The van der Waals surface area contributed by atoms with Crippen LogP contribution in [0, 0.1) is 0 Å². The molecule has 0 spiro atoms. The largest absolute Gasteiger partial charge is 0.497 e. The number of hydrogen-bond acceptors (Lipinski definition) is 5. The molecule has 6 heteroatoms. The summed E-state index contributed by atoms with van der Waals surface area (Å²) in [6.45, 7) is 1.79. The van der Waals surface area contributed by atoms with Crippen LogP contribution >= 0.6 is 0 Å². The molecule has 0 aliphatic heterocycles. The molecule has 0 aliphatic rings. The molecule has 0 heterocycles. The van der Waals surface area contributed by atoms with E-state index in [9.17, 15) is 4.79 Å². The van der Waals surface area contributed by atoms with Gasteiger partial charge < -0.3 is 14.2 Å². The average molecular weight is 328 g/mol. The van der Waals surface area contributed by atoms with Gasteiger partial charge in [-0.15, -0.1) is 0 Å². The van der Waals surface area contributed by atoms with Crippen molar-refractivity contribution in [3.63, 3.8) is 0 Å². The summed E-state index contributed by atoms with van der Waals surface area (Å²) in [7, 11) is 4.73. The Hall–Kier alpha value is -3.02. The molecule has 0 aliphatic carbocycles. The lowest BCUT2D eigenvalue weighted by atomic mass is 10.1. The molecule has 0 saturated heterocycles. The fourth-order valence-corrected chi connectivity index (χ4v) is 2.10. The summed E-state index contributed by atoms with van der Waals surface area (Å²) in [5.74, 6) is 1.69. The van der Waals surface area contributed by atoms with Gasteiger partial charge in [0.1, 0.15) is 17.2 Å². The van der Waals surface area contributed by atoms with Crippen LogP contribution < -0.4 is 19.6 Å². The van der Waals surface area contributed by atoms with Crippen LogP contribution in [0.2, 0.25) is 0 Å². The zero-order chi connectivity index (χ0) is 17.5. The second-order valence-electron chi connectivity index (χ2n) is 4.93. The van der Waals surface area contributed by atoms with E-state index in [0.29, 0.717) is 28.5 Å². The van der Waals surface area contributed by atoms with Crippen LogP contribution in [0.1, 0.15) is 22.8 Å². The van der Waals surface area contributed by atoms with Crippen molar-refractivity contribution in [1.29, 1.82) is 0 Å². The van der Waals surface area contributed by atoms with Gasteiger partial charge >= 0.3 is 0 Å². The van der Waals surface area contributed by atoms with Gasteiger partial charge in [-0.2, -0.15) is 5.10 Å². The summed E-state index contributed by atoms with van der Waals surface area (Å²) in [6.07, 6.45) is 0. The van der Waals surface area contributed by atoms with Gasteiger partial charge in [0.2, 0.25) is 0 Å². The van der Waals surface area contributed by atoms with Gasteiger partial charge in [-0.1, -0.05) is 0 Å². The van der Waals surface area contributed by atoms with Gasteiger partial charge in [-0.3, -0.25) is 4.79 Å². The molecule has 2 aromatic rings. The quantitative estimate of drug-likeness (QED) is 0.654. The van der Waals surface area contributed by atoms with Crippen LogP contribution in [-0.4, -0.2) is 32.9 Å². The zero-order valence-electron chi connectivity index (χ0n) is 14.1. The number of carbonyl (C=O) groups excluding carboxylic acids is 1. The Morgan fingerprint density at radius 3 is 2.12 bits per heavy atom. The van der Waals surface area contributed by atoms with Crippen LogP contribution in [-0.2, 0) is 0 Å². The lowest BCUT2D eigenvalue weighted by molar-refractivity contribution is 0.0955. The Labute approximate surface area is 141 Å². The van der Waals surface area contributed by atoms with Gasteiger partial charge in [0.25, 0.3) is 5.91 Å². The van der Waals surface area contributed by atoms with E-state index >= 15 is 0 Å². The van der Waals surface area contributed by atoms with E-state index in [0.717, 1.165) is 5.56 Å². The number of carbonyl (C=O) groups is 1. The maximum absolute atomic E-state index is 12.1. The Morgan fingerprint density at radius 1 is 0.917 bits per heavy atom. The molecule has 0 unspecified atom stereocenters. The standard InChI is InChI=1S/C18H20N2O4/c1-12(16-10-9-15(23-3)11-17(16)24-4)19-20-18(21)13-5-7-14(22-2)8-6-13/h5-11H,1-4H3,(H,20,21). The monoisotopic (exact) mass is 328 g/mol. The molecule has 2 aromatic carbocycles. The first kappa shape index (κ1) is 17.3. The highest BCUT2D eigenvalue weighted by Crippen LogP contribution is 2.25. The third-order valence-corrected chi connectivity index (χ3v) is 3.48. The number of ether oxygens (including phenoxy) is 3. The molecule has 6 nitrogen and oxygen atoms in total. The Kier molecular flexibility index (Phi) is 5.78. The van der Waals surface area contributed by atoms with Crippen LogP contribution in [0.3, 0.4) is 0 Å². The summed E-state index contributed by atoms with van der Waals surface area (Å²) < 4.78 is 15.6. The molecule has 0 saturated carbocycles. The molecule has 0 radical (unpaired) electrons. The second-order valence-corrected chi connectivity index (χ2v) is 4.93. The predicted octanol–water partition coefficient (Wildman–Crippen LogP) is 2.87. The summed E-state index contributed by atoms with van der Waals surface area (Å²) in [4.78, 5) is 12.1. The summed E-state index contributed by atoms with van der Waals surface area (Å²) in [6, 6.07) is 12.2. The second kappa shape index (κ2) is 8.01. The van der Waals surface area contributed by atoms with Gasteiger partial charge in [-0.25, -0.2) is 5.43 Å². The molecule has 1 amide bonds. The van der Waals surface area contributed by atoms with Crippen LogP contribution in [0.25, 0.3) is 0 Å². The first-order chi connectivity index (χ1) is 11.6. The van der Waals surface area contributed by atoms with E-state index in [4.69, 9.17) is 14.2 Å². The highest BCUT2D eigenvalue weighted by molar-refractivity contribution is 6.02. The molecule has 0 fully saturated rings. The van der Waals surface area contributed by atoms with E-state index in [-0.39, 0.29) is 5.91 Å². The highest BCUT2D eigenvalue weighted by atomic mass is 16.5. The van der Waals surface area contributed by atoms with Crippen molar-refractivity contribution < 1.29 is 19.0 Å². The van der Waals surface area contributed by atoms with E-state index < -0.39 is 0 Å². The van der Waals surface area contributed by atoms with Crippen LogP contribution in [0.4, 0.5) is 0 Å². The number of nitrogens with one attached hydrogen (secondary N) is 1. The molecule has 0 bridgehead atoms. The molecular formula is C18H20N2O4. The molecule has 2 rings (SSSR count). The molecule has 24 heavy (non-hydrogen) atoms. The molecular weight excluding hydrogens is 308 g/mol. The number of rotatable bonds is 6. The SMILES string of the molecule is COc1ccc(C(=O)NN=C(C)c2ccc(OC)cc2OC)cc1. The van der Waals surface area contributed by atoms with Crippen molar-refractivity contribution in [2.24, 2.45) is 5.10 Å². The van der Waals surface area contributed by atoms with Gasteiger partial charge in [0.15, 0.2) is 0 Å². The molecule has 0 atom stereocenters. The number of hydrogen-bond donors (Lipinski definition) is 1. The van der Waals surface area contributed by atoms with E-state index in [1.54, 1.807) is 58.6 Å². The average Bonchev–Trinajstić information content (AvgIpc) is 2.65. The summed E-state index contributed by atoms with van der Waals surface area (Å²) in [5, 5.41) is 4.14. The fraction of sp³-hybridized carbons (Fsp3) is 0.222. The van der Waals surface area contributed by atoms with E-state index in [1.807, 2.05) is 12.1 Å². The third kappa shape index (κ3) is 4.04. The van der Waals surface area contributed by atoms with Crippen molar-refractivity contribution >= 4 is 11.6 Å². The zero-order valence-corrected chi connectivity index (χ0v) is 14.1. The highest BCUT2D eigenvalue weighted by Gasteiger charge is 2.09. The number of hydrazone groups is 1. The first-order valence-electron chi connectivity index (χ1n) is 7.30.